The van der Waals surface area contributed by atoms with Crippen molar-refractivity contribution in [2.75, 3.05) is 19.0 Å². The average molecular weight is 271 g/mol. The number of nitrogens with one attached hydrogen (secondary N) is 1. The first-order chi connectivity index (χ1) is 9.69. The van der Waals surface area contributed by atoms with Gasteiger partial charge in [-0.25, -0.2) is 9.97 Å². The summed E-state index contributed by atoms with van der Waals surface area (Å²) in [6.07, 6.45) is 0.918. The Morgan fingerprint density at radius 1 is 1.20 bits per heavy atom. The monoisotopic (exact) mass is 271 g/mol. The lowest BCUT2D eigenvalue weighted by atomic mass is 10.1. The molecule has 2 aromatic rings. The first kappa shape index (κ1) is 14.3. The molecule has 1 aromatic heterocycles. The molecule has 1 aromatic carbocycles. The van der Waals surface area contributed by atoms with Crippen molar-refractivity contribution in [1.82, 2.24) is 9.97 Å². The van der Waals surface area contributed by atoms with E-state index in [4.69, 9.17) is 4.74 Å². The first-order valence-electron chi connectivity index (χ1n) is 6.98. The molecule has 0 spiro atoms. The fourth-order valence-electron chi connectivity index (χ4n) is 2.25. The molecular formula is C16H21N3O. The summed E-state index contributed by atoms with van der Waals surface area (Å²) < 4.78 is 5.53. The fraction of sp³-hybridized carbons (Fsp3) is 0.375. The summed E-state index contributed by atoms with van der Waals surface area (Å²) >= 11 is 0. The van der Waals surface area contributed by atoms with Crippen molar-refractivity contribution in [1.29, 1.82) is 0 Å². The van der Waals surface area contributed by atoms with Gasteiger partial charge in [0.05, 0.1) is 6.61 Å². The Kier molecular flexibility index (Phi) is 4.56. The van der Waals surface area contributed by atoms with Gasteiger partial charge in [0.25, 0.3) is 0 Å². The van der Waals surface area contributed by atoms with Gasteiger partial charge in [-0.3, -0.25) is 0 Å². The van der Waals surface area contributed by atoms with E-state index in [0.29, 0.717) is 6.61 Å². The van der Waals surface area contributed by atoms with Crippen molar-refractivity contribution in [3.05, 3.63) is 35.5 Å². The van der Waals surface area contributed by atoms with Gasteiger partial charge < -0.3 is 10.1 Å². The molecule has 0 unspecified atom stereocenters. The van der Waals surface area contributed by atoms with Crippen LogP contribution in [0.25, 0.3) is 11.4 Å². The number of hydrogen-bond donors (Lipinski definition) is 1. The van der Waals surface area contributed by atoms with E-state index in [2.05, 4.69) is 22.2 Å². The summed E-state index contributed by atoms with van der Waals surface area (Å²) in [7, 11) is 1.89. The molecular weight excluding hydrogens is 250 g/mol. The predicted molar refractivity (Wildman–Crippen MR) is 82.3 cm³/mol. The highest BCUT2D eigenvalue weighted by atomic mass is 16.5. The second kappa shape index (κ2) is 6.37. The second-order valence-corrected chi connectivity index (χ2v) is 4.52. The van der Waals surface area contributed by atoms with Crippen molar-refractivity contribution in [3.8, 4) is 17.1 Å². The molecule has 0 radical (unpaired) electrons. The maximum Gasteiger partial charge on any atom is 0.161 e. The molecule has 0 fully saturated rings. The fourth-order valence-corrected chi connectivity index (χ4v) is 2.25. The normalized spacial score (nSPS) is 10.4. The van der Waals surface area contributed by atoms with Crippen molar-refractivity contribution >= 4 is 5.82 Å². The summed E-state index contributed by atoms with van der Waals surface area (Å²) in [6.45, 7) is 6.77. The lowest BCUT2D eigenvalue weighted by Crippen LogP contribution is -2.05. The molecule has 0 amide bonds. The number of aryl methyl sites for hydroxylation is 1. The van der Waals surface area contributed by atoms with Gasteiger partial charge in [-0.1, -0.05) is 19.1 Å². The van der Waals surface area contributed by atoms with Crippen molar-refractivity contribution in [2.45, 2.75) is 27.2 Å². The summed E-state index contributed by atoms with van der Waals surface area (Å²) in [4.78, 5) is 9.23. The van der Waals surface area contributed by atoms with E-state index >= 15 is 0 Å². The minimum Gasteiger partial charge on any atom is -0.494 e. The molecule has 106 valence electrons. The molecule has 0 atom stereocenters. The Morgan fingerprint density at radius 3 is 2.65 bits per heavy atom. The Bertz CT molecular complexity index is 596. The number of aromatic nitrogens is 2. The minimum atomic E-state index is 0.653. The molecule has 0 aliphatic rings. The van der Waals surface area contributed by atoms with Crippen LogP contribution in [-0.2, 0) is 6.42 Å². The number of ether oxygens (including phenoxy) is 1. The van der Waals surface area contributed by atoms with Gasteiger partial charge in [0.1, 0.15) is 11.6 Å². The van der Waals surface area contributed by atoms with E-state index < -0.39 is 0 Å². The molecule has 0 aliphatic heterocycles. The molecule has 4 heteroatoms. The Labute approximate surface area is 120 Å². The van der Waals surface area contributed by atoms with Gasteiger partial charge in [-0.05, 0) is 32.4 Å². The topological polar surface area (TPSA) is 47.0 Å². The number of nitrogens with zero attached hydrogens (tertiary/aromatic N) is 2. The van der Waals surface area contributed by atoms with E-state index in [1.165, 1.54) is 0 Å². The Morgan fingerprint density at radius 2 is 2.00 bits per heavy atom. The van der Waals surface area contributed by atoms with Crippen molar-refractivity contribution < 1.29 is 4.74 Å². The van der Waals surface area contributed by atoms with E-state index in [1.54, 1.807) is 0 Å². The van der Waals surface area contributed by atoms with Crippen LogP contribution in [0, 0.1) is 6.92 Å². The van der Waals surface area contributed by atoms with Gasteiger partial charge >= 0.3 is 0 Å². The van der Waals surface area contributed by atoms with Crippen molar-refractivity contribution in [3.63, 3.8) is 0 Å². The highest BCUT2D eigenvalue weighted by Gasteiger charge is 2.11. The van der Waals surface area contributed by atoms with Crippen LogP contribution in [0.4, 0.5) is 5.82 Å². The van der Waals surface area contributed by atoms with Gasteiger partial charge in [0.15, 0.2) is 5.82 Å². The molecule has 2 rings (SSSR count). The van der Waals surface area contributed by atoms with Gasteiger partial charge in [0.2, 0.25) is 0 Å². The van der Waals surface area contributed by atoms with Crippen LogP contribution < -0.4 is 10.1 Å². The molecule has 0 saturated carbocycles. The minimum absolute atomic E-state index is 0.653. The number of benzene rings is 1. The Balaban J connectivity index is 2.47. The maximum absolute atomic E-state index is 5.53. The quantitative estimate of drug-likeness (QED) is 0.904. The zero-order valence-corrected chi connectivity index (χ0v) is 12.5. The van der Waals surface area contributed by atoms with Gasteiger partial charge in [-0.15, -0.1) is 0 Å². The summed E-state index contributed by atoms with van der Waals surface area (Å²) in [5.74, 6) is 2.47. The third-order valence-corrected chi connectivity index (χ3v) is 3.21. The third kappa shape index (κ3) is 2.90. The molecule has 0 aliphatic carbocycles. The SMILES string of the molecule is CCOc1cccc(-c2nc(C)c(CC)c(NC)n2)c1. The standard InChI is InChI=1S/C16H21N3O/c1-5-14-11(3)18-15(19-16(14)17-4)12-8-7-9-13(10-12)20-6-2/h7-10H,5-6H2,1-4H3,(H,17,18,19). The highest BCUT2D eigenvalue weighted by Crippen LogP contribution is 2.25. The first-order valence-corrected chi connectivity index (χ1v) is 6.98. The zero-order chi connectivity index (χ0) is 14.5. The largest absolute Gasteiger partial charge is 0.494 e. The van der Waals surface area contributed by atoms with E-state index in [0.717, 1.165) is 40.6 Å². The molecule has 20 heavy (non-hydrogen) atoms. The van der Waals surface area contributed by atoms with E-state index in [-0.39, 0.29) is 0 Å². The molecule has 1 heterocycles. The number of rotatable bonds is 5. The summed E-state index contributed by atoms with van der Waals surface area (Å²) in [6, 6.07) is 7.89. The van der Waals surface area contributed by atoms with Crippen LogP contribution in [0.1, 0.15) is 25.1 Å². The van der Waals surface area contributed by atoms with Crippen molar-refractivity contribution in [2.24, 2.45) is 0 Å². The lowest BCUT2D eigenvalue weighted by molar-refractivity contribution is 0.340. The summed E-state index contributed by atoms with van der Waals surface area (Å²) in [5, 5.41) is 3.15. The molecule has 1 N–H and O–H groups in total. The van der Waals surface area contributed by atoms with Crippen LogP contribution in [0.15, 0.2) is 24.3 Å². The smallest absolute Gasteiger partial charge is 0.161 e. The summed E-state index contributed by atoms with van der Waals surface area (Å²) in [5.41, 5.74) is 3.15. The molecule has 4 nitrogen and oxygen atoms in total. The third-order valence-electron chi connectivity index (χ3n) is 3.21. The maximum atomic E-state index is 5.53. The number of hydrogen-bond acceptors (Lipinski definition) is 4. The van der Waals surface area contributed by atoms with Crippen LogP contribution in [0.2, 0.25) is 0 Å². The van der Waals surface area contributed by atoms with Crippen LogP contribution >= 0.6 is 0 Å². The zero-order valence-electron chi connectivity index (χ0n) is 12.5. The molecule has 0 saturated heterocycles. The lowest BCUT2D eigenvalue weighted by Gasteiger charge is -2.12. The highest BCUT2D eigenvalue weighted by molar-refractivity contribution is 5.61. The van der Waals surface area contributed by atoms with Gasteiger partial charge in [-0.2, -0.15) is 0 Å². The predicted octanol–water partition coefficient (Wildman–Crippen LogP) is 3.45. The van der Waals surface area contributed by atoms with E-state index in [1.807, 2.05) is 45.2 Å². The van der Waals surface area contributed by atoms with Crippen LogP contribution in [0.3, 0.4) is 0 Å². The second-order valence-electron chi connectivity index (χ2n) is 4.52. The number of anilines is 1. The average Bonchev–Trinajstić information content (AvgIpc) is 2.47. The van der Waals surface area contributed by atoms with Crippen LogP contribution in [0.5, 0.6) is 5.75 Å². The van der Waals surface area contributed by atoms with Crippen LogP contribution in [-0.4, -0.2) is 23.6 Å². The van der Waals surface area contributed by atoms with Gasteiger partial charge in [0, 0.05) is 23.9 Å². The Hall–Kier alpha value is -2.10. The molecule has 0 bridgehead atoms. The van der Waals surface area contributed by atoms with E-state index in [9.17, 15) is 0 Å².